The zero-order valence-electron chi connectivity index (χ0n) is 71.5. The van der Waals surface area contributed by atoms with Gasteiger partial charge in [-0.05, 0) is 109 Å². The Balaban J connectivity index is 1.33. The van der Waals surface area contributed by atoms with Crippen molar-refractivity contribution >= 4 is 5.91 Å². The molecule has 19 nitrogen and oxygen atoms in total. The van der Waals surface area contributed by atoms with Crippen LogP contribution in [0.15, 0.2) is 134 Å². The molecule has 19 heteroatoms. The molecule has 0 aliphatic carbocycles. The maximum absolute atomic E-state index is 13.5. The minimum absolute atomic E-state index is 0.226. The Labute approximate surface area is 696 Å². The molecule has 0 bridgehead atoms. The van der Waals surface area contributed by atoms with Gasteiger partial charge in [0.1, 0.15) is 73.2 Å². The van der Waals surface area contributed by atoms with E-state index in [-0.39, 0.29) is 18.9 Å². The first-order valence-electron chi connectivity index (χ1n) is 45.9. The summed E-state index contributed by atoms with van der Waals surface area (Å²) >= 11 is 0. The van der Waals surface area contributed by atoms with Gasteiger partial charge in [-0.25, -0.2) is 0 Å². The third kappa shape index (κ3) is 52.0. The molecule has 1 amide bonds. The Morgan fingerprint density at radius 3 is 0.974 bits per heavy atom. The van der Waals surface area contributed by atoms with Crippen molar-refractivity contribution in [2.45, 2.75) is 439 Å². The lowest BCUT2D eigenvalue weighted by Crippen LogP contribution is -2.66. The van der Waals surface area contributed by atoms with Crippen LogP contribution >= 0.6 is 0 Å². The molecular formula is C96H165NO18. The van der Waals surface area contributed by atoms with Crippen molar-refractivity contribution in [3.8, 4) is 0 Å². The van der Waals surface area contributed by atoms with E-state index in [1.807, 2.05) is 6.08 Å². The largest absolute Gasteiger partial charge is 0.394 e. The van der Waals surface area contributed by atoms with Crippen LogP contribution < -0.4 is 5.32 Å². The maximum atomic E-state index is 13.5. The van der Waals surface area contributed by atoms with Crippen molar-refractivity contribution in [2.24, 2.45) is 0 Å². The molecule has 3 rings (SSSR count). The van der Waals surface area contributed by atoms with E-state index in [1.54, 1.807) is 6.08 Å². The minimum atomic E-state index is -1.99. The van der Waals surface area contributed by atoms with Crippen LogP contribution in [0.4, 0.5) is 0 Å². The van der Waals surface area contributed by atoms with Gasteiger partial charge in [0.05, 0.1) is 38.6 Å². The van der Waals surface area contributed by atoms with Crippen molar-refractivity contribution in [3.05, 3.63) is 134 Å². The number of carbonyl (C=O) groups excluding carboxylic acids is 1. The third-order valence-corrected chi connectivity index (χ3v) is 21.9. The van der Waals surface area contributed by atoms with Crippen LogP contribution in [0.5, 0.6) is 0 Å². The summed E-state index contributed by atoms with van der Waals surface area (Å²) in [5, 5.41) is 121. The lowest BCUT2D eigenvalue weighted by atomic mass is 9.96. The highest BCUT2D eigenvalue weighted by atomic mass is 16.8. The molecule has 3 fully saturated rings. The Kier molecular flexibility index (Phi) is 67.5. The molecule has 17 unspecified atom stereocenters. The molecule has 17 atom stereocenters. The Morgan fingerprint density at radius 1 is 0.322 bits per heavy atom. The van der Waals surface area contributed by atoms with Gasteiger partial charge in [0.25, 0.3) is 0 Å². The molecule has 0 aromatic rings. The summed E-state index contributed by atoms with van der Waals surface area (Å²) in [6, 6.07) is -1.01. The molecule has 3 heterocycles. The highest BCUT2D eigenvalue weighted by Gasteiger charge is 2.54. The van der Waals surface area contributed by atoms with Crippen LogP contribution in [0, 0.1) is 0 Å². The topological polar surface area (TPSA) is 307 Å². The van der Waals surface area contributed by atoms with Crippen molar-refractivity contribution in [1.82, 2.24) is 5.32 Å². The number of unbranched alkanes of at least 4 members (excludes halogenated alkanes) is 37. The highest BCUT2D eigenvalue weighted by Crippen LogP contribution is 2.33. The molecule has 3 saturated heterocycles. The predicted molar refractivity (Wildman–Crippen MR) is 466 cm³/mol. The summed E-state index contributed by atoms with van der Waals surface area (Å²) in [6.45, 7) is 1.63. The Morgan fingerprint density at radius 2 is 0.609 bits per heavy atom. The SMILES string of the molecule is CC/C=C\C/C=C\C/C=C\C/C=C\C/C=C\C/C=C\C/C=C\C/C=C\CCCCCCCCCCCCCCCCCCC(=O)NC(COC1OC(CO)C(OC2OC(CO)C(OC3OC(CO)C(O)C(O)C3O)C(O)C2O)C(O)C1O)C(O)/C=C/CC/C=C/CC/C=C/CCCCCCCCCCCCCCCCCCCCC. The van der Waals surface area contributed by atoms with E-state index in [2.05, 4.69) is 141 Å². The summed E-state index contributed by atoms with van der Waals surface area (Å²) in [4.78, 5) is 13.5. The lowest BCUT2D eigenvalue weighted by molar-refractivity contribution is -0.379. The maximum Gasteiger partial charge on any atom is 0.220 e. The van der Waals surface area contributed by atoms with Gasteiger partial charge in [0, 0.05) is 6.42 Å². The van der Waals surface area contributed by atoms with Crippen LogP contribution in [0.3, 0.4) is 0 Å². The molecule has 0 aromatic heterocycles. The fraction of sp³-hybridized carbons (Fsp3) is 0.760. The summed E-state index contributed by atoms with van der Waals surface area (Å²) in [5.41, 5.74) is 0. The van der Waals surface area contributed by atoms with Gasteiger partial charge in [-0.2, -0.15) is 0 Å². The second-order valence-corrected chi connectivity index (χ2v) is 32.0. The van der Waals surface area contributed by atoms with E-state index in [4.69, 9.17) is 28.4 Å². The summed E-state index contributed by atoms with van der Waals surface area (Å²) in [6.07, 6.45) is 80.3. The summed E-state index contributed by atoms with van der Waals surface area (Å²) in [5.74, 6) is -0.290. The van der Waals surface area contributed by atoms with E-state index in [0.717, 1.165) is 103 Å². The summed E-state index contributed by atoms with van der Waals surface area (Å²) in [7, 11) is 0. The first kappa shape index (κ1) is 105. The lowest BCUT2D eigenvalue weighted by Gasteiger charge is -2.48. The van der Waals surface area contributed by atoms with E-state index in [9.17, 15) is 61.0 Å². The summed E-state index contributed by atoms with van der Waals surface area (Å²) < 4.78 is 34.5. The number of nitrogens with one attached hydrogen (secondary N) is 1. The van der Waals surface area contributed by atoms with Gasteiger partial charge in [0.15, 0.2) is 18.9 Å². The Bertz CT molecular complexity index is 2600. The molecule has 0 saturated carbocycles. The second kappa shape index (κ2) is 73.8. The molecule has 3 aliphatic rings. The van der Waals surface area contributed by atoms with Crippen molar-refractivity contribution < 1.29 is 89.4 Å². The number of hydrogen-bond acceptors (Lipinski definition) is 18. The number of carbonyl (C=O) groups is 1. The minimum Gasteiger partial charge on any atom is -0.394 e. The molecule has 115 heavy (non-hydrogen) atoms. The fourth-order valence-electron chi connectivity index (χ4n) is 14.7. The monoisotopic (exact) mass is 1620 g/mol. The molecule has 0 radical (unpaired) electrons. The zero-order valence-corrected chi connectivity index (χ0v) is 71.5. The van der Waals surface area contributed by atoms with Crippen LogP contribution in [0.2, 0.25) is 0 Å². The number of aliphatic hydroxyl groups is 11. The van der Waals surface area contributed by atoms with Gasteiger partial charge >= 0.3 is 0 Å². The van der Waals surface area contributed by atoms with Crippen LogP contribution in [0.25, 0.3) is 0 Å². The molecule has 0 aromatic carbocycles. The third-order valence-electron chi connectivity index (χ3n) is 21.9. The highest BCUT2D eigenvalue weighted by molar-refractivity contribution is 5.76. The predicted octanol–water partition coefficient (Wildman–Crippen LogP) is 18.0. The number of rotatable bonds is 73. The van der Waals surface area contributed by atoms with Crippen LogP contribution in [-0.2, 0) is 33.2 Å². The molecule has 662 valence electrons. The Hall–Kier alpha value is -4.07. The van der Waals surface area contributed by atoms with Gasteiger partial charge in [-0.15, -0.1) is 0 Å². The van der Waals surface area contributed by atoms with Crippen molar-refractivity contribution in [1.29, 1.82) is 0 Å². The molecule has 12 N–H and O–H groups in total. The van der Waals surface area contributed by atoms with E-state index in [0.29, 0.717) is 12.8 Å². The van der Waals surface area contributed by atoms with Crippen LogP contribution in [0.1, 0.15) is 335 Å². The number of amides is 1. The van der Waals surface area contributed by atoms with Crippen LogP contribution in [-0.4, -0.2) is 193 Å². The first-order valence-corrected chi connectivity index (χ1v) is 45.9. The smallest absolute Gasteiger partial charge is 0.220 e. The average Bonchev–Trinajstić information content (AvgIpc) is 0.778. The van der Waals surface area contributed by atoms with Gasteiger partial charge < -0.3 is 89.9 Å². The van der Waals surface area contributed by atoms with Crippen molar-refractivity contribution in [3.63, 3.8) is 0 Å². The van der Waals surface area contributed by atoms with E-state index in [1.165, 1.54) is 199 Å². The number of allylic oxidation sites excluding steroid dienone is 21. The molecule has 3 aliphatic heterocycles. The molecular weight excluding hydrogens is 1460 g/mol. The van der Waals surface area contributed by atoms with Gasteiger partial charge in [0.2, 0.25) is 5.91 Å². The standard InChI is InChI=1S/C96H165NO18/c1-3-5-7-9-11-13-15-17-19-21-23-25-27-29-31-33-34-35-36-37-38-39-40-41-42-43-44-46-48-50-52-54-56-58-60-62-64-66-68-70-72-74-84(102)97-79(80(101)73-71-69-67-65-63-61-59-57-55-53-51-49-47-45-32-30-28-26-24-22-20-18-16-14-12-10-8-6-4-2)78-110-94-90(108)87(105)92(82(76-99)112-94)115-96-91(109)88(106)93(83(77-100)113-96)114-95-89(107)86(104)85(103)81(75-98)111-95/h5,7,11,13,17,19,23,25,29,31,34-35,37-38,40-41,55,57,63,65,71,73,79-83,85-96,98-101,103-109H,3-4,6,8-10,12,14-16,18,20-22,24,26-28,30,32-33,36,39,42-54,56,58-62,64,66-70,72,74-78H2,1-2H3,(H,97,102)/b7-5-,13-11-,19-17-,25-23-,31-29-,35-34-,38-37-,41-40-,57-55+,65-63+,73-71+. The number of ether oxygens (including phenoxy) is 6. The van der Waals surface area contributed by atoms with Crippen molar-refractivity contribution in [2.75, 3.05) is 26.4 Å². The van der Waals surface area contributed by atoms with E-state index >= 15 is 0 Å². The number of aliphatic hydroxyl groups excluding tert-OH is 11. The quantitative estimate of drug-likeness (QED) is 0.0199. The zero-order chi connectivity index (χ0) is 83.1. The number of hydrogen-bond donors (Lipinski definition) is 12. The normalized spacial score (nSPS) is 25.2. The van der Waals surface area contributed by atoms with E-state index < -0.39 is 124 Å². The second-order valence-electron chi connectivity index (χ2n) is 32.0. The average molecular weight is 1620 g/mol. The van der Waals surface area contributed by atoms with Gasteiger partial charge in [-0.1, -0.05) is 353 Å². The van der Waals surface area contributed by atoms with Gasteiger partial charge in [-0.3, -0.25) is 4.79 Å². The fourth-order valence-corrected chi connectivity index (χ4v) is 14.7. The first-order chi connectivity index (χ1) is 56.3. The molecule has 0 spiro atoms.